The van der Waals surface area contributed by atoms with Crippen LogP contribution in [0, 0.1) is 0 Å². The van der Waals surface area contributed by atoms with E-state index in [2.05, 4.69) is 0 Å². The van der Waals surface area contributed by atoms with Crippen molar-refractivity contribution in [1.29, 1.82) is 0 Å². The maximum absolute atomic E-state index is 12.0. The van der Waals surface area contributed by atoms with Gasteiger partial charge in [-0.2, -0.15) is 17.0 Å². The quantitative estimate of drug-likeness (QED) is 0.686. The first kappa shape index (κ1) is 14.8. The Kier molecular flexibility index (Phi) is 5.65. The normalized spacial score (nSPS) is 14.5. The number of likely N-dealkylation sites (N-methyl/N-ethyl adjacent to an activating group) is 1. The highest BCUT2D eigenvalue weighted by atomic mass is 32.2. The lowest BCUT2D eigenvalue weighted by Gasteiger charge is -2.29. The van der Waals surface area contributed by atoms with E-state index in [4.69, 9.17) is 18.0 Å². The molecule has 2 N–H and O–H groups in total. The highest BCUT2D eigenvalue weighted by molar-refractivity contribution is 7.87. The summed E-state index contributed by atoms with van der Waals surface area (Å²) >= 11 is 4.78. The Morgan fingerprint density at radius 3 is 2.07 bits per heavy atom. The molecular formula is C8H19N3O2S2. The van der Waals surface area contributed by atoms with Crippen LogP contribution in [0.25, 0.3) is 0 Å². The highest BCUT2D eigenvalue weighted by Crippen LogP contribution is 2.09. The molecule has 0 aromatic rings. The lowest BCUT2D eigenvalue weighted by atomic mass is 10.3. The topological polar surface area (TPSA) is 66.6 Å². The van der Waals surface area contributed by atoms with Gasteiger partial charge >= 0.3 is 0 Å². The number of nitrogens with zero attached hydrogens (tertiary/aromatic N) is 2. The Hall–Kier alpha value is -0.240. The van der Waals surface area contributed by atoms with Crippen molar-refractivity contribution in [3.8, 4) is 0 Å². The van der Waals surface area contributed by atoms with Crippen LogP contribution in [0.4, 0.5) is 0 Å². The van der Waals surface area contributed by atoms with E-state index in [0.717, 1.165) is 0 Å². The Morgan fingerprint density at radius 2 is 1.80 bits per heavy atom. The highest BCUT2D eigenvalue weighted by Gasteiger charge is 2.29. The Balaban J connectivity index is 4.95. The number of thiocarbonyl (C=S) groups is 1. The van der Waals surface area contributed by atoms with Crippen LogP contribution in [-0.2, 0) is 10.2 Å². The molecule has 1 unspecified atom stereocenters. The molecule has 90 valence electrons. The number of nitrogens with two attached hydrogens (primary N) is 1. The molecule has 0 spiro atoms. The van der Waals surface area contributed by atoms with Crippen LogP contribution < -0.4 is 5.73 Å². The monoisotopic (exact) mass is 253 g/mol. The van der Waals surface area contributed by atoms with E-state index < -0.39 is 16.3 Å². The van der Waals surface area contributed by atoms with Crippen molar-refractivity contribution < 1.29 is 8.42 Å². The van der Waals surface area contributed by atoms with Gasteiger partial charge in [0.05, 0.1) is 11.0 Å². The van der Waals surface area contributed by atoms with Crippen LogP contribution in [0.3, 0.4) is 0 Å². The smallest absolute Gasteiger partial charge is 0.282 e. The molecule has 0 radical (unpaired) electrons. The molecular weight excluding hydrogens is 234 g/mol. The van der Waals surface area contributed by atoms with Crippen LogP contribution in [0.5, 0.6) is 0 Å². The van der Waals surface area contributed by atoms with Crippen molar-refractivity contribution in [2.75, 3.05) is 20.1 Å². The molecule has 0 heterocycles. The van der Waals surface area contributed by atoms with Crippen LogP contribution in [0.1, 0.15) is 20.8 Å². The summed E-state index contributed by atoms with van der Waals surface area (Å²) < 4.78 is 26.5. The number of rotatable bonds is 6. The molecule has 0 aromatic heterocycles. The van der Waals surface area contributed by atoms with E-state index in [9.17, 15) is 8.42 Å². The predicted octanol–water partition coefficient (Wildman–Crippen LogP) is 0.179. The molecule has 0 amide bonds. The Labute approximate surface area is 97.4 Å². The molecule has 0 rings (SSSR count). The Morgan fingerprint density at radius 1 is 1.40 bits per heavy atom. The van der Waals surface area contributed by atoms with E-state index in [-0.39, 0.29) is 4.99 Å². The van der Waals surface area contributed by atoms with E-state index in [1.54, 1.807) is 20.8 Å². The number of hydrogen-bond donors (Lipinski definition) is 1. The summed E-state index contributed by atoms with van der Waals surface area (Å²) in [5.41, 5.74) is 5.42. The van der Waals surface area contributed by atoms with Crippen LogP contribution in [0.2, 0.25) is 0 Å². The SMILES string of the molecule is CCN(CC)S(=O)(=O)N(C)C(C)C(N)=S. The van der Waals surface area contributed by atoms with E-state index in [0.29, 0.717) is 13.1 Å². The zero-order chi connectivity index (χ0) is 12.2. The molecule has 0 fully saturated rings. The van der Waals surface area contributed by atoms with E-state index in [1.165, 1.54) is 15.7 Å². The summed E-state index contributed by atoms with van der Waals surface area (Å²) in [5, 5.41) is 0. The first-order valence-electron chi connectivity index (χ1n) is 4.81. The van der Waals surface area contributed by atoms with E-state index >= 15 is 0 Å². The van der Waals surface area contributed by atoms with Gasteiger partial charge in [0.15, 0.2) is 0 Å². The number of hydrogen-bond acceptors (Lipinski definition) is 3. The summed E-state index contributed by atoms with van der Waals surface area (Å²) in [6.07, 6.45) is 0. The van der Waals surface area contributed by atoms with Crippen molar-refractivity contribution in [1.82, 2.24) is 8.61 Å². The lowest BCUT2D eigenvalue weighted by molar-refractivity contribution is 0.368. The molecule has 0 aliphatic heterocycles. The summed E-state index contributed by atoms with van der Waals surface area (Å²) in [5.74, 6) is 0. The summed E-state index contributed by atoms with van der Waals surface area (Å²) in [7, 11) is -1.96. The first-order valence-corrected chi connectivity index (χ1v) is 6.61. The summed E-state index contributed by atoms with van der Waals surface area (Å²) in [6, 6.07) is -0.467. The third-order valence-corrected chi connectivity index (χ3v) is 4.91. The van der Waals surface area contributed by atoms with Crippen LogP contribution >= 0.6 is 12.2 Å². The third-order valence-electron chi connectivity index (χ3n) is 2.35. The average molecular weight is 253 g/mol. The predicted molar refractivity (Wildman–Crippen MR) is 65.9 cm³/mol. The standard InChI is InChI=1S/C8H19N3O2S2/c1-5-11(6-2)15(12,13)10(4)7(3)8(9)14/h7H,5-6H2,1-4H3,(H2,9,14). The van der Waals surface area contributed by atoms with Gasteiger partial charge in [-0.3, -0.25) is 0 Å². The van der Waals surface area contributed by atoms with Gasteiger partial charge in [0, 0.05) is 20.1 Å². The van der Waals surface area contributed by atoms with Gasteiger partial charge in [0.25, 0.3) is 10.2 Å². The minimum Gasteiger partial charge on any atom is -0.392 e. The van der Waals surface area contributed by atoms with Gasteiger partial charge in [0.1, 0.15) is 0 Å². The zero-order valence-electron chi connectivity index (χ0n) is 9.60. The minimum atomic E-state index is -3.45. The molecule has 1 atom stereocenters. The summed E-state index contributed by atoms with van der Waals surface area (Å²) in [6.45, 7) is 6.13. The van der Waals surface area contributed by atoms with Gasteiger partial charge in [0.2, 0.25) is 0 Å². The Bertz CT molecular complexity index is 312. The van der Waals surface area contributed by atoms with Crippen LogP contribution in [-0.4, -0.2) is 48.2 Å². The van der Waals surface area contributed by atoms with Gasteiger partial charge in [-0.15, -0.1) is 0 Å². The second-order valence-corrected chi connectivity index (χ2v) is 5.65. The molecule has 0 aliphatic carbocycles. The fraction of sp³-hybridized carbons (Fsp3) is 0.875. The van der Waals surface area contributed by atoms with Gasteiger partial charge in [-0.05, 0) is 6.92 Å². The molecule has 15 heavy (non-hydrogen) atoms. The largest absolute Gasteiger partial charge is 0.392 e. The molecule has 7 heteroatoms. The van der Waals surface area contributed by atoms with Gasteiger partial charge in [-0.25, -0.2) is 0 Å². The zero-order valence-corrected chi connectivity index (χ0v) is 11.2. The van der Waals surface area contributed by atoms with Crippen molar-refractivity contribution in [2.45, 2.75) is 26.8 Å². The van der Waals surface area contributed by atoms with Crippen LogP contribution in [0.15, 0.2) is 0 Å². The van der Waals surface area contributed by atoms with Gasteiger partial charge in [-0.1, -0.05) is 26.1 Å². The fourth-order valence-electron chi connectivity index (χ4n) is 1.11. The van der Waals surface area contributed by atoms with E-state index in [1.807, 2.05) is 0 Å². The van der Waals surface area contributed by atoms with Crippen molar-refractivity contribution in [3.63, 3.8) is 0 Å². The molecule has 0 saturated carbocycles. The third kappa shape index (κ3) is 3.37. The first-order chi connectivity index (χ1) is 6.78. The second-order valence-electron chi connectivity index (χ2n) is 3.19. The molecule has 0 saturated heterocycles. The maximum atomic E-state index is 12.0. The molecule has 0 aromatic carbocycles. The summed E-state index contributed by atoms with van der Waals surface area (Å²) in [4.78, 5) is 0.174. The average Bonchev–Trinajstić information content (AvgIpc) is 2.16. The second kappa shape index (κ2) is 5.74. The molecule has 0 aliphatic rings. The fourth-order valence-corrected chi connectivity index (χ4v) is 2.87. The van der Waals surface area contributed by atoms with Gasteiger partial charge < -0.3 is 5.73 Å². The minimum absolute atomic E-state index is 0.174. The lowest BCUT2D eigenvalue weighted by Crippen LogP contribution is -2.49. The maximum Gasteiger partial charge on any atom is 0.282 e. The van der Waals surface area contributed by atoms with Crippen molar-refractivity contribution in [3.05, 3.63) is 0 Å². The molecule has 0 bridgehead atoms. The molecule has 5 nitrogen and oxygen atoms in total. The van der Waals surface area contributed by atoms with Crippen molar-refractivity contribution in [2.24, 2.45) is 5.73 Å². The van der Waals surface area contributed by atoms with Crippen molar-refractivity contribution >= 4 is 27.4 Å².